The first-order valence-corrected chi connectivity index (χ1v) is 19.2. The molecule has 2 amide bonds. The number of fused-ring (bicyclic) bond motifs is 1. The number of benzene rings is 1. The molecule has 11 heteroatoms. The molecule has 1 saturated heterocycles. The highest BCUT2D eigenvalue weighted by molar-refractivity contribution is 6.08. The molecule has 1 aromatic carbocycles. The maximum atomic E-state index is 13.7. The summed E-state index contributed by atoms with van der Waals surface area (Å²) in [5.74, 6) is 2.40. The Morgan fingerprint density at radius 3 is 2.45 bits per heavy atom. The highest BCUT2D eigenvalue weighted by Gasteiger charge is 2.27. The van der Waals surface area contributed by atoms with Gasteiger partial charge in [0, 0.05) is 86.7 Å². The highest BCUT2D eigenvalue weighted by atomic mass is 16.2. The van der Waals surface area contributed by atoms with Crippen LogP contribution >= 0.6 is 0 Å². The van der Waals surface area contributed by atoms with Crippen LogP contribution in [0.25, 0.3) is 22.0 Å². The predicted octanol–water partition coefficient (Wildman–Crippen LogP) is 6.17. The minimum atomic E-state index is -0.267. The average Bonchev–Trinajstić information content (AvgIpc) is 3.55. The molecule has 1 saturated carbocycles. The number of aromatic amines is 1. The van der Waals surface area contributed by atoms with E-state index >= 15 is 0 Å². The third-order valence-electron chi connectivity index (χ3n) is 11.1. The predicted molar refractivity (Wildman–Crippen MR) is 212 cm³/mol. The van der Waals surface area contributed by atoms with Crippen molar-refractivity contribution in [3.8, 4) is 11.1 Å². The molecule has 2 aliphatic rings. The van der Waals surface area contributed by atoms with Gasteiger partial charge in [-0.15, -0.1) is 0 Å². The number of aromatic nitrogens is 4. The first-order chi connectivity index (χ1) is 25.4. The van der Waals surface area contributed by atoms with E-state index in [0.717, 1.165) is 84.7 Å². The van der Waals surface area contributed by atoms with Gasteiger partial charge in [-0.05, 0) is 106 Å². The summed E-state index contributed by atoms with van der Waals surface area (Å²) in [6, 6.07) is 10.1. The largest absolute Gasteiger partial charge is 0.355 e. The molecule has 0 spiro atoms. The van der Waals surface area contributed by atoms with Gasteiger partial charge in [0.15, 0.2) is 0 Å². The van der Waals surface area contributed by atoms with Crippen molar-refractivity contribution in [3.63, 3.8) is 0 Å². The smallest absolute Gasteiger partial charge is 0.253 e. The van der Waals surface area contributed by atoms with E-state index in [9.17, 15) is 14.4 Å². The summed E-state index contributed by atoms with van der Waals surface area (Å²) < 4.78 is 1.92. The summed E-state index contributed by atoms with van der Waals surface area (Å²) in [7, 11) is 0. The molecule has 2 fully saturated rings. The molecule has 0 bridgehead atoms. The van der Waals surface area contributed by atoms with Gasteiger partial charge in [-0.3, -0.25) is 24.0 Å². The Hall–Kier alpha value is -4.77. The second kappa shape index (κ2) is 16.5. The molecule has 282 valence electrons. The number of nitrogens with one attached hydrogen (secondary N) is 3. The first kappa shape index (κ1) is 38.0. The van der Waals surface area contributed by atoms with Crippen LogP contribution in [-0.2, 0) is 11.3 Å². The van der Waals surface area contributed by atoms with E-state index in [1.165, 1.54) is 12.0 Å². The molecule has 3 atom stereocenters. The number of hydrogen-bond donors (Lipinski definition) is 3. The zero-order valence-electron chi connectivity index (χ0n) is 32.3. The summed E-state index contributed by atoms with van der Waals surface area (Å²) in [5.41, 5.74) is 6.44. The Balaban J connectivity index is 1.05. The maximum Gasteiger partial charge on any atom is 0.253 e. The lowest BCUT2D eigenvalue weighted by molar-refractivity contribution is -0.122. The molecule has 4 heterocycles. The molecule has 11 nitrogen and oxygen atoms in total. The first-order valence-electron chi connectivity index (χ1n) is 19.2. The van der Waals surface area contributed by atoms with Crippen molar-refractivity contribution < 1.29 is 9.59 Å². The number of allylic oxidation sites excluding steroid dienone is 1. The second-order valence-corrected chi connectivity index (χ2v) is 15.8. The van der Waals surface area contributed by atoms with Crippen molar-refractivity contribution in [1.29, 1.82) is 0 Å². The molecule has 4 aromatic rings. The van der Waals surface area contributed by atoms with Crippen molar-refractivity contribution in [2.24, 2.45) is 17.8 Å². The molecule has 53 heavy (non-hydrogen) atoms. The average molecular weight is 721 g/mol. The molecular weight excluding hydrogens is 665 g/mol. The van der Waals surface area contributed by atoms with E-state index in [1.807, 2.05) is 42.9 Å². The van der Waals surface area contributed by atoms with Crippen molar-refractivity contribution in [2.75, 3.05) is 44.2 Å². The number of carbonyl (C=O) groups excluding carboxylic acids is 2. The molecule has 3 unspecified atom stereocenters. The number of pyridine rings is 2. The number of nitrogens with zero attached hydrogens (tertiary/aromatic N) is 5. The molecule has 0 radical (unpaired) electrons. The molecule has 1 aliphatic carbocycles. The SMILES string of the molecule is C=C1CC(C)CC(C(C)CC(=O)NCCN2CCN(c3ccc(-c4cc(C(=O)NCc5c(C)cc(C)[nH]c5=O)c5cnn(C(C)C)c5c4)cn3)CC2)C1. The van der Waals surface area contributed by atoms with Crippen molar-refractivity contribution in [3.05, 3.63) is 87.6 Å². The van der Waals surface area contributed by atoms with Gasteiger partial charge in [-0.1, -0.05) is 26.0 Å². The Bertz CT molecular complexity index is 2000. The molecular formula is C42H56N8O3. The van der Waals surface area contributed by atoms with Gasteiger partial charge in [-0.2, -0.15) is 5.10 Å². The maximum absolute atomic E-state index is 13.7. The highest BCUT2D eigenvalue weighted by Crippen LogP contribution is 2.37. The van der Waals surface area contributed by atoms with Crippen LogP contribution < -0.4 is 21.1 Å². The van der Waals surface area contributed by atoms with Gasteiger partial charge in [0.05, 0.1) is 17.3 Å². The zero-order chi connectivity index (χ0) is 37.8. The fourth-order valence-electron chi connectivity index (χ4n) is 8.17. The number of carbonyl (C=O) groups is 2. The Morgan fingerprint density at radius 2 is 1.77 bits per heavy atom. The lowest BCUT2D eigenvalue weighted by Gasteiger charge is -2.35. The van der Waals surface area contributed by atoms with Gasteiger partial charge in [0.2, 0.25) is 5.91 Å². The number of H-pyrrole nitrogens is 1. The van der Waals surface area contributed by atoms with E-state index in [1.54, 1.807) is 6.20 Å². The van der Waals surface area contributed by atoms with Gasteiger partial charge < -0.3 is 20.5 Å². The Morgan fingerprint density at radius 1 is 1.00 bits per heavy atom. The van der Waals surface area contributed by atoms with E-state index < -0.39 is 0 Å². The third-order valence-corrected chi connectivity index (χ3v) is 11.1. The Kier molecular flexibility index (Phi) is 11.8. The van der Waals surface area contributed by atoms with Gasteiger partial charge in [0.25, 0.3) is 11.5 Å². The van der Waals surface area contributed by atoms with Crippen LogP contribution in [-0.4, -0.2) is 75.7 Å². The molecule has 3 aromatic heterocycles. The summed E-state index contributed by atoms with van der Waals surface area (Å²) in [5, 5.41) is 11.5. The van der Waals surface area contributed by atoms with Crippen LogP contribution in [0.15, 0.2) is 59.7 Å². The quantitative estimate of drug-likeness (QED) is 0.149. The van der Waals surface area contributed by atoms with Crippen molar-refractivity contribution >= 4 is 28.5 Å². The van der Waals surface area contributed by atoms with Crippen LogP contribution in [0.1, 0.15) is 86.6 Å². The number of piperazine rings is 1. The van der Waals surface area contributed by atoms with E-state index in [-0.39, 0.29) is 30.0 Å². The monoisotopic (exact) mass is 720 g/mol. The topological polar surface area (TPSA) is 128 Å². The van der Waals surface area contributed by atoms with Crippen LogP contribution in [0.4, 0.5) is 5.82 Å². The lowest BCUT2D eigenvalue weighted by atomic mass is 9.73. The number of rotatable bonds is 12. The number of aryl methyl sites for hydroxylation is 2. The standard InChI is InChI=1S/C42H56N8O3/c1-26(2)50-38-22-34(21-35(37(38)25-46-50)41(52)45-24-36-30(6)19-31(7)47-42(36)53)32-8-9-39(44-23-32)49-14-12-48(13-15-49)11-10-43-40(51)20-29(5)33-17-27(3)16-28(4)18-33/h8-9,19,21-23,25-26,28-29,33H,3,10-18,20,24H2,1-2,4-7H3,(H,43,51)(H,45,52)(H,47,53). The number of amides is 2. The van der Waals surface area contributed by atoms with E-state index in [4.69, 9.17) is 4.98 Å². The normalized spacial score (nSPS) is 18.8. The summed E-state index contributed by atoms with van der Waals surface area (Å²) >= 11 is 0. The van der Waals surface area contributed by atoms with Gasteiger partial charge in [-0.25, -0.2) is 4.98 Å². The molecule has 3 N–H and O–H groups in total. The zero-order valence-corrected chi connectivity index (χ0v) is 32.3. The molecule has 1 aliphatic heterocycles. The van der Waals surface area contributed by atoms with Gasteiger partial charge in [0.1, 0.15) is 5.82 Å². The summed E-state index contributed by atoms with van der Waals surface area (Å²) in [4.78, 5) is 51.4. The Labute approximate surface area is 313 Å². The van der Waals surface area contributed by atoms with Crippen LogP contribution in [0.3, 0.4) is 0 Å². The van der Waals surface area contributed by atoms with Crippen LogP contribution in [0.5, 0.6) is 0 Å². The summed E-state index contributed by atoms with van der Waals surface area (Å²) in [6.45, 7) is 21.7. The third kappa shape index (κ3) is 9.07. The second-order valence-electron chi connectivity index (χ2n) is 15.8. The van der Waals surface area contributed by atoms with Crippen LogP contribution in [0, 0.1) is 31.6 Å². The van der Waals surface area contributed by atoms with Crippen LogP contribution in [0.2, 0.25) is 0 Å². The van der Waals surface area contributed by atoms with Crippen molar-refractivity contribution in [2.45, 2.75) is 79.8 Å². The van der Waals surface area contributed by atoms with E-state index in [0.29, 0.717) is 41.8 Å². The summed E-state index contributed by atoms with van der Waals surface area (Å²) in [6.07, 6.45) is 7.56. The van der Waals surface area contributed by atoms with Crippen molar-refractivity contribution in [1.82, 2.24) is 35.3 Å². The number of hydrogen-bond acceptors (Lipinski definition) is 7. The minimum Gasteiger partial charge on any atom is -0.355 e. The fourth-order valence-corrected chi connectivity index (χ4v) is 8.17. The lowest BCUT2D eigenvalue weighted by Crippen LogP contribution is -2.48. The number of anilines is 1. The molecule has 6 rings (SSSR count). The van der Waals surface area contributed by atoms with E-state index in [2.05, 4.69) is 76.9 Å². The minimum absolute atomic E-state index is 0.100. The van der Waals surface area contributed by atoms with Gasteiger partial charge >= 0.3 is 0 Å². The fraction of sp³-hybridized carbons (Fsp3) is 0.500.